The predicted molar refractivity (Wildman–Crippen MR) is 94.1 cm³/mol. The summed E-state index contributed by atoms with van der Waals surface area (Å²) in [5.41, 5.74) is 5.62. The van der Waals surface area contributed by atoms with Gasteiger partial charge in [-0.05, 0) is 54.8 Å². The van der Waals surface area contributed by atoms with Gasteiger partial charge in [0, 0.05) is 19.1 Å². The summed E-state index contributed by atoms with van der Waals surface area (Å²) in [5, 5.41) is 11.8. The SMILES string of the molecule is NCCN1CCCCC1C(O)(c1ccc(F)cc1)c1ccc(F)cc1. The van der Waals surface area contributed by atoms with Gasteiger partial charge in [-0.25, -0.2) is 8.78 Å². The first kappa shape index (κ1) is 18.0. The lowest BCUT2D eigenvalue weighted by Gasteiger charge is -2.46. The van der Waals surface area contributed by atoms with Crippen LogP contribution in [0.4, 0.5) is 8.78 Å². The van der Waals surface area contributed by atoms with Crippen molar-refractivity contribution in [1.29, 1.82) is 0 Å². The number of benzene rings is 2. The van der Waals surface area contributed by atoms with Gasteiger partial charge >= 0.3 is 0 Å². The van der Waals surface area contributed by atoms with Crippen LogP contribution in [0, 0.1) is 11.6 Å². The average Bonchev–Trinajstić information content (AvgIpc) is 2.63. The van der Waals surface area contributed by atoms with Gasteiger partial charge in [-0.2, -0.15) is 0 Å². The highest BCUT2D eigenvalue weighted by molar-refractivity contribution is 5.38. The second-order valence-corrected chi connectivity index (χ2v) is 6.62. The molecule has 0 radical (unpaired) electrons. The van der Waals surface area contributed by atoms with Crippen molar-refractivity contribution < 1.29 is 13.9 Å². The molecule has 1 aliphatic rings. The fraction of sp³-hybridized carbons (Fsp3) is 0.400. The van der Waals surface area contributed by atoms with E-state index < -0.39 is 5.60 Å². The van der Waals surface area contributed by atoms with E-state index in [0.717, 1.165) is 25.8 Å². The van der Waals surface area contributed by atoms with Crippen molar-refractivity contribution in [1.82, 2.24) is 4.90 Å². The van der Waals surface area contributed by atoms with Crippen molar-refractivity contribution in [2.45, 2.75) is 30.9 Å². The molecule has 0 aromatic heterocycles. The molecule has 3 rings (SSSR count). The minimum Gasteiger partial charge on any atom is -0.379 e. The normalized spacial score (nSPS) is 19.1. The molecule has 3 nitrogen and oxygen atoms in total. The lowest BCUT2D eigenvalue weighted by atomic mass is 9.76. The van der Waals surface area contributed by atoms with Crippen molar-refractivity contribution in [2.75, 3.05) is 19.6 Å². The third-order valence-electron chi connectivity index (χ3n) is 5.08. The highest BCUT2D eigenvalue weighted by Gasteiger charge is 2.44. The zero-order valence-corrected chi connectivity index (χ0v) is 14.2. The van der Waals surface area contributed by atoms with Crippen LogP contribution in [0.15, 0.2) is 48.5 Å². The molecule has 1 fully saturated rings. The molecular formula is C20H24F2N2O. The summed E-state index contributed by atoms with van der Waals surface area (Å²) in [7, 11) is 0. The van der Waals surface area contributed by atoms with Crippen LogP contribution in [0.3, 0.4) is 0 Å². The topological polar surface area (TPSA) is 49.5 Å². The Morgan fingerprint density at radius 1 is 0.960 bits per heavy atom. The molecule has 134 valence electrons. The number of hydrogen-bond acceptors (Lipinski definition) is 3. The molecule has 25 heavy (non-hydrogen) atoms. The summed E-state index contributed by atoms with van der Waals surface area (Å²) < 4.78 is 26.8. The second-order valence-electron chi connectivity index (χ2n) is 6.62. The second kappa shape index (κ2) is 7.60. The first-order valence-corrected chi connectivity index (χ1v) is 8.74. The maximum absolute atomic E-state index is 13.4. The molecule has 1 saturated heterocycles. The summed E-state index contributed by atoms with van der Waals surface area (Å²) in [6.45, 7) is 2.03. The summed E-state index contributed by atoms with van der Waals surface area (Å²) >= 11 is 0. The van der Waals surface area contributed by atoms with Crippen LogP contribution in [0.1, 0.15) is 30.4 Å². The first-order valence-electron chi connectivity index (χ1n) is 8.74. The van der Waals surface area contributed by atoms with E-state index in [4.69, 9.17) is 5.73 Å². The monoisotopic (exact) mass is 346 g/mol. The number of hydrogen-bond donors (Lipinski definition) is 2. The molecule has 2 aromatic rings. The predicted octanol–water partition coefficient (Wildman–Crippen LogP) is 3.01. The maximum Gasteiger partial charge on any atom is 0.130 e. The lowest BCUT2D eigenvalue weighted by molar-refractivity contribution is -0.0369. The quantitative estimate of drug-likeness (QED) is 0.875. The number of nitrogens with zero attached hydrogens (tertiary/aromatic N) is 1. The average molecular weight is 346 g/mol. The van der Waals surface area contributed by atoms with E-state index in [1.54, 1.807) is 24.3 Å². The van der Waals surface area contributed by atoms with Gasteiger partial charge in [-0.3, -0.25) is 4.90 Å². The maximum atomic E-state index is 13.4. The van der Waals surface area contributed by atoms with Gasteiger partial charge in [0.25, 0.3) is 0 Å². The Balaban J connectivity index is 2.10. The summed E-state index contributed by atoms with van der Waals surface area (Å²) in [6, 6.07) is 11.6. The van der Waals surface area contributed by atoms with Crippen LogP contribution in [0.2, 0.25) is 0 Å². The highest BCUT2D eigenvalue weighted by Crippen LogP contribution is 2.39. The van der Waals surface area contributed by atoms with E-state index in [0.29, 0.717) is 24.2 Å². The third kappa shape index (κ3) is 3.59. The van der Waals surface area contributed by atoms with E-state index in [1.165, 1.54) is 24.3 Å². The fourth-order valence-corrected chi connectivity index (χ4v) is 3.86. The van der Waals surface area contributed by atoms with Crippen molar-refractivity contribution >= 4 is 0 Å². The Morgan fingerprint density at radius 2 is 1.48 bits per heavy atom. The van der Waals surface area contributed by atoms with Crippen LogP contribution in [-0.4, -0.2) is 35.7 Å². The summed E-state index contributed by atoms with van der Waals surface area (Å²) in [6.07, 6.45) is 2.85. The Morgan fingerprint density at radius 3 is 1.96 bits per heavy atom. The number of piperidine rings is 1. The number of halogens is 2. The highest BCUT2D eigenvalue weighted by atomic mass is 19.1. The zero-order valence-electron chi connectivity index (χ0n) is 14.2. The molecule has 3 N–H and O–H groups in total. The van der Waals surface area contributed by atoms with Gasteiger partial charge in [-0.15, -0.1) is 0 Å². The molecular weight excluding hydrogens is 322 g/mol. The van der Waals surface area contributed by atoms with Gasteiger partial charge in [0.2, 0.25) is 0 Å². The van der Waals surface area contributed by atoms with E-state index in [2.05, 4.69) is 4.90 Å². The largest absolute Gasteiger partial charge is 0.379 e. The van der Waals surface area contributed by atoms with Gasteiger partial charge < -0.3 is 10.8 Å². The molecule has 0 saturated carbocycles. The van der Waals surface area contributed by atoms with Crippen molar-refractivity contribution in [3.63, 3.8) is 0 Å². The molecule has 1 aliphatic heterocycles. The van der Waals surface area contributed by atoms with E-state index >= 15 is 0 Å². The van der Waals surface area contributed by atoms with Gasteiger partial charge in [0.1, 0.15) is 17.2 Å². The number of rotatable bonds is 5. The molecule has 2 aromatic carbocycles. The van der Waals surface area contributed by atoms with E-state index in [-0.39, 0.29) is 17.7 Å². The lowest BCUT2D eigenvalue weighted by Crippen LogP contribution is -2.54. The molecule has 0 spiro atoms. The zero-order chi connectivity index (χ0) is 17.9. The number of nitrogens with two attached hydrogens (primary N) is 1. The molecule has 0 aliphatic carbocycles. The molecule has 1 unspecified atom stereocenters. The standard InChI is InChI=1S/C20H24F2N2O/c21-17-8-4-15(5-9-17)20(25,16-6-10-18(22)11-7-16)19-3-1-2-13-24(19)14-12-23/h4-11,19,25H,1-3,12-14,23H2. The van der Waals surface area contributed by atoms with Crippen LogP contribution in [0.25, 0.3) is 0 Å². The van der Waals surface area contributed by atoms with Crippen LogP contribution in [0.5, 0.6) is 0 Å². The third-order valence-corrected chi connectivity index (χ3v) is 5.08. The minimum absolute atomic E-state index is 0.194. The molecule has 0 bridgehead atoms. The summed E-state index contributed by atoms with van der Waals surface area (Å²) in [4.78, 5) is 2.19. The Hall–Kier alpha value is -1.82. The van der Waals surface area contributed by atoms with Gasteiger partial charge in [0.15, 0.2) is 0 Å². The Labute approximate surface area is 147 Å². The van der Waals surface area contributed by atoms with Crippen molar-refractivity contribution in [3.8, 4) is 0 Å². The van der Waals surface area contributed by atoms with Gasteiger partial charge in [0.05, 0.1) is 0 Å². The summed E-state index contributed by atoms with van der Waals surface area (Å²) in [5.74, 6) is -0.708. The number of likely N-dealkylation sites (tertiary alicyclic amines) is 1. The van der Waals surface area contributed by atoms with Crippen LogP contribution in [-0.2, 0) is 5.60 Å². The molecule has 0 amide bonds. The van der Waals surface area contributed by atoms with Crippen LogP contribution >= 0.6 is 0 Å². The smallest absolute Gasteiger partial charge is 0.130 e. The fourth-order valence-electron chi connectivity index (χ4n) is 3.86. The minimum atomic E-state index is -1.35. The Kier molecular flexibility index (Phi) is 5.47. The Bertz CT molecular complexity index is 640. The van der Waals surface area contributed by atoms with Crippen molar-refractivity contribution in [3.05, 3.63) is 71.3 Å². The molecule has 1 atom stereocenters. The van der Waals surface area contributed by atoms with Crippen LogP contribution < -0.4 is 5.73 Å². The van der Waals surface area contributed by atoms with Crippen molar-refractivity contribution in [2.24, 2.45) is 5.73 Å². The number of aliphatic hydroxyl groups is 1. The molecule has 1 heterocycles. The molecule has 5 heteroatoms. The van der Waals surface area contributed by atoms with E-state index in [9.17, 15) is 13.9 Å². The van der Waals surface area contributed by atoms with E-state index in [1.807, 2.05) is 0 Å². The first-order chi connectivity index (χ1) is 12.1. The van der Waals surface area contributed by atoms with Gasteiger partial charge in [-0.1, -0.05) is 30.7 Å².